The number of carbonyl (C=O) groups excluding carboxylic acids is 6. The molecule has 0 radical (unpaired) electrons. The quantitative estimate of drug-likeness (QED) is 0.116. The molecule has 3 aliphatic heterocycles. The molecule has 0 aromatic carbocycles. The minimum absolute atomic E-state index is 0.00697. The van der Waals surface area contributed by atoms with Crippen LogP contribution in [0.5, 0.6) is 0 Å². The number of aliphatic hydroxyl groups is 4. The molecular formula is C56H87NO16. The van der Waals surface area contributed by atoms with Crippen LogP contribution in [0.3, 0.4) is 0 Å². The average Bonchev–Trinajstić information content (AvgIpc) is 3.37. The number of methoxy groups -OCH3 is 3. The first kappa shape index (κ1) is 61.6. The number of ether oxygens (including phenoxy) is 6. The second-order valence-corrected chi connectivity index (χ2v) is 21.8. The fourth-order valence-corrected chi connectivity index (χ4v) is 10.7. The van der Waals surface area contributed by atoms with Crippen LogP contribution in [0, 0.1) is 40.9 Å². The van der Waals surface area contributed by atoms with Gasteiger partial charge in [0.25, 0.3) is 11.7 Å². The first-order valence-corrected chi connectivity index (χ1v) is 26.4. The SMILES string of the molecule is CO[C@H]1C[C@@H]2CC[C@@H](C)C(O)(O2)C(=O)C(=O)N2CCCC[C@H]2C(=O)O[C@H]([C@H](C)C[C@@H]2CC[C@@H](OC(=O)C(C)(CO)CO)[C@H](OC)C2)CC(=O)[C@H](C)/C=C(\C)[C@@H](O)[C@@H](OC)C(=O)[C@H](C)C[C@H](C)/C=C/C=C/C=C/1C. The molecule has 17 heteroatoms. The number of aliphatic hydroxyl groups excluding tert-OH is 3. The highest BCUT2D eigenvalue weighted by molar-refractivity contribution is 6.39. The van der Waals surface area contributed by atoms with E-state index in [1.165, 1.54) is 21.1 Å². The number of piperidine rings is 1. The lowest BCUT2D eigenvalue weighted by Gasteiger charge is -2.42. The molecule has 2 bridgehead atoms. The maximum atomic E-state index is 14.5. The zero-order valence-corrected chi connectivity index (χ0v) is 45.3. The summed E-state index contributed by atoms with van der Waals surface area (Å²) < 4.78 is 35.4. The van der Waals surface area contributed by atoms with Gasteiger partial charge in [-0.2, -0.15) is 0 Å². The van der Waals surface area contributed by atoms with Gasteiger partial charge in [-0.1, -0.05) is 71.1 Å². The third-order valence-corrected chi connectivity index (χ3v) is 15.9. The third-order valence-electron chi connectivity index (χ3n) is 15.9. The van der Waals surface area contributed by atoms with Crippen molar-refractivity contribution < 1.29 is 77.6 Å². The number of cyclic esters (lactones) is 1. The summed E-state index contributed by atoms with van der Waals surface area (Å²) >= 11 is 0. The molecule has 4 rings (SSSR count). The van der Waals surface area contributed by atoms with E-state index in [2.05, 4.69) is 0 Å². The van der Waals surface area contributed by atoms with Crippen LogP contribution in [-0.4, -0.2) is 156 Å². The molecule has 1 aliphatic carbocycles. The summed E-state index contributed by atoms with van der Waals surface area (Å²) in [5.41, 5.74) is -0.277. The summed E-state index contributed by atoms with van der Waals surface area (Å²) in [5, 5.41) is 43.1. The molecule has 1 unspecified atom stereocenters. The van der Waals surface area contributed by atoms with E-state index in [0.29, 0.717) is 69.8 Å². The molecule has 1 saturated carbocycles. The first-order valence-electron chi connectivity index (χ1n) is 26.4. The Hall–Kier alpha value is -3.94. The highest BCUT2D eigenvalue weighted by Crippen LogP contribution is 2.38. The Kier molecular flexibility index (Phi) is 23.9. The van der Waals surface area contributed by atoms with Gasteiger partial charge in [0.2, 0.25) is 5.79 Å². The normalized spacial score (nSPS) is 37.4. The molecule has 1 amide bonds. The predicted molar refractivity (Wildman–Crippen MR) is 271 cm³/mol. The lowest BCUT2D eigenvalue weighted by Crippen LogP contribution is -2.61. The Morgan fingerprint density at radius 3 is 2.21 bits per heavy atom. The minimum atomic E-state index is -2.47. The van der Waals surface area contributed by atoms with Gasteiger partial charge in [-0.3, -0.25) is 24.0 Å². The van der Waals surface area contributed by atoms with Crippen molar-refractivity contribution in [1.29, 1.82) is 0 Å². The van der Waals surface area contributed by atoms with E-state index in [0.717, 1.165) is 10.5 Å². The van der Waals surface area contributed by atoms with Crippen LogP contribution in [-0.2, 0) is 57.2 Å². The van der Waals surface area contributed by atoms with Gasteiger partial charge in [0.1, 0.15) is 41.7 Å². The Balaban J connectivity index is 1.69. The van der Waals surface area contributed by atoms with Crippen molar-refractivity contribution in [3.05, 3.63) is 47.6 Å². The van der Waals surface area contributed by atoms with Crippen molar-refractivity contribution in [2.45, 2.75) is 187 Å². The molecule has 0 spiro atoms. The largest absolute Gasteiger partial charge is 0.460 e. The molecule has 3 heterocycles. The van der Waals surface area contributed by atoms with E-state index in [1.807, 2.05) is 51.2 Å². The van der Waals surface area contributed by atoms with Crippen molar-refractivity contribution in [3.63, 3.8) is 0 Å². The van der Waals surface area contributed by atoms with Crippen LogP contribution in [0.25, 0.3) is 0 Å². The van der Waals surface area contributed by atoms with Crippen molar-refractivity contribution in [3.8, 4) is 0 Å². The standard InChI is InChI=1S/C56H87NO16/c1-33-17-13-12-14-18-34(2)45(68-9)29-41-22-20-39(7)56(67,73-41)51(63)52(64)57-24-16-15-19-42(57)53(65)71-46(30-43(60)35(3)26-38(6)49(62)50(70-11)48(61)37(5)25-33)36(4)27-40-21-23-44(47(28-40)69-10)72-54(66)55(8,31-58)32-59/h12-14,17-18,26,33,35-37,39-42,44-47,49-50,58-59,62,67H,15-16,19-25,27-32H2,1-11H3/b14-12+,17-13+,34-18+,38-26+/t33-,35-,36-,37-,39-,40+,41+,42+,44-,45+,46+,47-,49-,50+,56?/m1/s1. The van der Waals surface area contributed by atoms with Gasteiger partial charge in [-0.25, -0.2) is 4.79 Å². The van der Waals surface area contributed by atoms with Gasteiger partial charge in [0, 0.05) is 58.5 Å². The minimum Gasteiger partial charge on any atom is -0.460 e. The molecule has 4 aliphatic rings. The monoisotopic (exact) mass is 1030 g/mol. The summed E-state index contributed by atoms with van der Waals surface area (Å²) in [5.74, 6) is -9.36. The number of rotatable bonds is 10. The number of carbonyl (C=O) groups is 6. The van der Waals surface area contributed by atoms with Gasteiger partial charge in [0.15, 0.2) is 5.78 Å². The van der Waals surface area contributed by atoms with Crippen molar-refractivity contribution >= 4 is 35.2 Å². The van der Waals surface area contributed by atoms with Gasteiger partial charge < -0.3 is 53.7 Å². The molecule has 0 aromatic heterocycles. The number of nitrogens with zero attached hydrogens (tertiary/aromatic N) is 1. The summed E-state index contributed by atoms with van der Waals surface area (Å²) in [4.78, 5) is 85.4. The molecule has 412 valence electrons. The molecule has 17 nitrogen and oxygen atoms in total. The average molecular weight is 1030 g/mol. The van der Waals surface area contributed by atoms with Crippen LogP contribution in [0.1, 0.15) is 132 Å². The summed E-state index contributed by atoms with van der Waals surface area (Å²) in [7, 11) is 4.43. The second-order valence-electron chi connectivity index (χ2n) is 21.8. The van der Waals surface area contributed by atoms with Crippen LogP contribution >= 0.6 is 0 Å². The summed E-state index contributed by atoms with van der Waals surface area (Å²) in [6, 6.07) is -1.20. The highest BCUT2D eigenvalue weighted by atomic mass is 16.6. The summed E-state index contributed by atoms with van der Waals surface area (Å²) in [6.07, 6.45) is 9.76. The van der Waals surface area contributed by atoms with Crippen LogP contribution in [0.4, 0.5) is 0 Å². The van der Waals surface area contributed by atoms with Crippen molar-refractivity contribution in [2.75, 3.05) is 41.1 Å². The van der Waals surface area contributed by atoms with Crippen LogP contribution in [0.15, 0.2) is 47.6 Å². The zero-order valence-electron chi connectivity index (χ0n) is 45.3. The van der Waals surface area contributed by atoms with E-state index in [1.54, 1.807) is 40.9 Å². The van der Waals surface area contributed by atoms with Gasteiger partial charge in [-0.05, 0) is 114 Å². The lowest BCUT2D eigenvalue weighted by molar-refractivity contribution is -0.265. The maximum absolute atomic E-state index is 14.5. The molecular weight excluding hydrogens is 943 g/mol. The number of esters is 2. The van der Waals surface area contributed by atoms with Crippen LogP contribution in [0.2, 0.25) is 0 Å². The lowest BCUT2D eigenvalue weighted by atomic mass is 9.78. The fourth-order valence-electron chi connectivity index (χ4n) is 10.7. The Morgan fingerprint density at radius 1 is 0.863 bits per heavy atom. The van der Waals surface area contributed by atoms with E-state index < -0.39 is 120 Å². The smallest absolute Gasteiger partial charge is 0.329 e. The van der Waals surface area contributed by atoms with Gasteiger partial charge >= 0.3 is 11.9 Å². The Morgan fingerprint density at radius 2 is 1.56 bits per heavy atom. The van der Waals surface area contributed by atoms with E-state index >= 15 is 0 Å². The van der Waals surface area contributed by atoms with Gasteiger partial charge in [0.05, 0.1) is 31.5 Å². The third kappa shape index (κ3) is 16.0. The molecule has 4 N–H and O–H groups in total. The van der Waals surface area contributed by atoms with E-state index in [-0.39, 0.29) is 42.8 Å². The number of Topliss-reactive ketones (excluding diaryl/α,β-unsaturated/α-hetero) is 3. The number of allylic oxidation sites excluding steroid dienone is 6. The number of amides is 1. The van der Waals surface area contributed by atoms with Crippen LogP contribution < -0.4 is 0 Å². The Labute approximate surface area is 433 Å². The molecule has 15 atom stereocenters. The number of fused-ring (bicyclic) bond motifs is 3. The maximum Gasteiger partial charge on any atom is 0.329 e. The van der Waals surface area contributed by atoms with Gasteiger partial charge in [-0.15, -0.1) is 0 Å². The predicted octanol–water partition coefficient (Wildman–Crippen LogP) is 5.72. The molecule has 0 aromatic rings. The van der Waals surface area contributed by atoms with Crippen molar-refractivity contribution in [2.24, 2.45) is 40.9 Å². The highest BCUT2D eigenvalue weighted by Gasteiger charge is 2.53. The number of ketones is 3. The van der Waals surface area contributed by atoms with E-state index in [4.69, 9.17) is 28.4 Å². The molecule has 2 saturated heterocycles. The second kappa shape index (κ2) is 28.3. The molecule has 73 heavy (non-hydrogen) atoms. The van der Waals surface area contributed by atoms with Crippen molar-refractivity contribution in [1.82, 2.24) is 4.90 Å². The number of hydrogen-bond donors (Lipinski definition) is 4. The Bertz CT molecular complexity index is 2010. The first-order chi connectivity index (χ1) is 34.5. The molecule has 3 fully saturated rings. The zero-order chi connectivity index (χ0) is 54.4. The summed E-state index contributed by atoms with van der Waals surface area (Å²) in [6.45, 7) is 12.7. The van der Waals surface area contributed by atoms with E-state index in [9.17, 15) is 49.2 Å². The fraction of sp³-hybridized carbons (Fsp3) is 0.750. The number of hydrogen-bond acceptors (Lipinski definition) is 16. The topological polar surface area (TPSA) is 242 Å².